The molecule has 1 heterocycles. The number of ether oxygens (including phenoxy) is 1. The number of pyridine rings is 1. The molecule has 3 rings (SSSR count). The molecule has 0 aliphatic heterocycles. The summed E-state index contributed by atoms with van der Waals surface area (Å²) in [4.78, 5) is 16.2. The third-order valence-corrected chi connectivity index (χ3v) is 3.68. The van der Waals surface area contributed by atoms with Crippen molar-refractivity contribution in [3.05, 3.63) is 89.6 Å². The van der Waals surface area contributed by atoms with Crippen molar-refractivity contribution in [2.45, 2.75) is 13.0 Å². The van der Waals surface area contributed by atoms with Crippen molar-refractivity contribution in [3.63, 3.8) is 0 Å². The molecule has 26 heavy (non-hydrogen) atoms. The summed E-state index contributed by atoms with van der Waals surface area (Å²) in [5.74, 6) is -1.02. The van der Waals surface area contributed by atoms with Crippen LogP contribution in [0.25, 0.3) is 0 Å². The summed E-state index contributed by atoms with van der Waals surface area (Å²) in [5, 5.41) is 2.70. The van der Waals surface area contributed by atoms with Crippen LogP contribution >= 0.6 is 0 Å². The number of hydrogen-bond acceptors (Lipinski definition) is 3. The van der Waals surface area contributed by atoms with Crippen LogP contribution in [0.1, 0.15) is 11.1 Å². The second-order valence-corrected chi connectivity index (χ2v) is 5.55. The summed E-state index contributed by atoms with van der Waals surface area (Å²) >= 11 is 0. The fourth-order valence-electron chi connectivity index (χ4n) is 2.35. The van der Waals surface area contributed by atoms with E-state index in [0.717, 1.165) is 0 Å². The van der Waals surface area contributed by atoms with E-state index in [1.54, 1.807) is 42.5 Å². The molecule has 4 nitrogen and oxygen atoms in total. The van der Waals surface area contributed by atoms with Gasteiger partial charge in [0.15, 0.2) is 11.6 Å². The van der Waals surface area contributed by atoms with Crippen LogP contribution in [0, 0.1) is 11.6 Å². The molecule has 1 amide bonds. The standard InChI is InChI=1S/C20H16F2N2O2/c21-16-8-2-1-6-14(16)12-19(25)24-13-15-7-5-11-23-20(15)26-18-10-4-3-9-17(18)22/h1-11H,12-13H2,(H,24,25). The first-order chi connectivity index (χ1) is 12.6. The Bertz CT molecular complexity index is 916. The first-order valence-corrected chi connectivity index (χ1v) is 8.00. The fourth-order valence-corrected chi connectivity index (χ4v) is 2.35. The average molecular weight is 354 g/mol. The van der Waals surface area contributed by atoms with Gasteiger partial charge in [0.1, 0.15) is 5.82 Å². The van der Waals surface area contributed by atoms with Gasteiger partial charge in [-0.3, -0.25) is 4.79 Å². The van der Waals surface area contributed by atoms with E-state index in [-0.39, 0.29) is 30.5 Å². The van der Waals surface area contributed by atoms with Crippen LogP contribution in [0.2, 0.25) is 0 Å². The third-order valence-electron chi connectivity index (χ3n) is 3.68. The normalized spacial score (nSPS) is 10.4. The Morgan fingerprint density at radius 2 is 1.62 bits per heavy atom. The predicted octanol–water partition coefficient (Wildman–Crippen LogP) is 4.01. The zero-order valence-corrected chi connectivity index (χ0v) is 13.8. The highest BCUT2D eigenvalue weighted by Crippen LogP contribution is 2.25. The monoisotopic (exact) mass is 354 g/mol. The summed E-state index contributed by atoms with van der Waals surface area (Å²) in [6, 6.07) is 15.5. The summed E-state index contributed by atoms with van der Waals surface area (Å²) < 4.78 is 32.9. The van der Waals surface area contributed by atoms with Gasteiger partial charge in [0.2, 0.25) is 11.8 Å². The quantitative estimate of drug-likeness (QED) is 0.728. The van der Waals surface area contributed by atoms with Gasteiger partial charge in [-0.05, 0) is 29.8 Å². The molecular weight excluding hydrogens is 338 g/mol. The van der Waals surface area contributed by atoms with Gasteiger partial charge in [-0.2, -0.15) is 0 Å². The maximum Gasteiger partial charge on any atom is 0.224 e. The minimum absolute atomic E-state index is 0.0464. The number of halogens is 2. The van der Waals surface area contributed by atoms with E-state index in [4.69, 9.17) is 4.74 Å². The number of benzene rings is 2. The minimum atomic E-state index is -0.507. The Labute approximate surface area is 149 Å². The summed E-state index contributed by atoms with van der Waals surface area (Å²) in [5.41, 5.74) is 0.900. The van der Waals surface area contributed by atoms with E-state index in [1.807, 2.05) is 0 Å². The molecule has 2 aromatic carbocycles. The lowest BCUT2D eigenvalue weighted by molar-refractivity contribution is -0.120. The highest BCUT2D eigenvalue weighted by atomic mass is 19.1. The van der Waals surface area contributed by atoms with Gasteiger partial charge >= 0.3 is 0 Å². The number of nitrogens with one attached hydrogen (secondary N) is 1. The van der Waals surface area contributed by atoms with E-state index in [1.165, 1.54) is 24.4 Å². The van der Waals surface area contributed by atoms with Crippen LogP contribution in [0.4, 0.5) is 8.78 Å². The smallest absolute Gasteiger partial charge is 0.224 e. The van der Waals surface area contributed by atoms with E-state index in [9.17, 15) is 13.6 Å². The molecule has 132 valence electrons. The first-order valence-electron chi connectivity index (χ1n) is 8.00. The number of rotatable bonds is 6. The largest absolute Gasteiger partial charge is 0.436 e. The number of para-hydroxylation sites is 1. The molecule has 0 saturated carbocycles. The van der Waals surface area contributed by atoms with Crippen LogP contribution in [0.5, 0.6) is 11.6 Å². The Kier molecular flexibility index (Phi) is 5.53. The van der Waals surface area contributed by atoms with E-state index in [2.05, 4.69) is 10.3 Å². The van der Waals surface area contributed by atoms with Crippen LogP contribution < -0.4 is 10.1 Å². The SMILES string of the molecule is O=C(Cc1ccccc1F)NCc1cccnc1Oc1ccccc1F. The number of amides is 1. The fraction of sp³-hybridized carbons (Fsp3) is 0.100. The highest BCUT2D eigenvalue weighted by molar-refractivity contribution is 5.78. The van der Waals surface area contributed by atoms with Gasteiger partial charge in [-0.25, -0.2) is 13.8 Å². The zero-order valence-electron chi connectivity index (χ0n) is 13.8. The third kappa shape index (κ3) is 4.42. The topological polar surface area (TPSA) is 51.2 Å². The van der Waals surface area contributed by atoms with Crippen molar-refractivity contribution in [2.24, 2.45) is 0 Å². The molecule has 3 aromatic rings. The Morgan fingerprint density at radius 1 is 0.923 bits per heavy atom. The summed E-state index contributed by atoms with van der Waals surface area (Å²) in [7, 11) is 0. The molecule has 1 aromatic heterocycles. The molecule has 1 N–H and O–H groups in total. The van der Waals surface area contributed by atoms with Crippen molar-refractivity contribution < 1.29 is 18.3 Å². The van der Waals surface area contributed by atoms with Crippen LogP contribution in [-0.2, 0) is 17.8 Å². The molecular formula is C20H16F2N2O2. The summed E-state index contributed by atoms with van der Waals surface area (Å²) in [6.07, 6.45) is 1.44. The first kappa shape index (κ1) is 17.5. The van der Waals surface area contributed by atoms with Gasteiger partial charge in [0.05, 0.1) is 6.42 Å². The van der Waals surface area contributed by atoms with Crippen molar-refractivity contribution in [1.29, 1.82) is 0 Å². The van der Waals surface area contributed by atoms with Crippen LogP contribution in [-0.4, -0.2) is 10.9 Å². The van der Waals surface area contributed by atoms with Crippen LogP contribution in [0.15, 0.2) is 66.9 Å². The van der Waals surface area contributed by atoms with Gasteiger partial charge in [-0.1, -0.05) is 36.4 Å². The van der Waals surface area contributed by atoms with Crippen LogP contribution in [0.3, 0.4) is 0 Å². The molecule has 0 fully saturated rings. The number of carbonyl (C=O) groups excluding carboxylic acids is 1. The average Bonchev–Trinajstić information content (AvgIpc) is 2.65. The molecule has 0 unspecified atom stereocenters. The Hall–Kier alpha value is -3.28. The van der Waals surface area contributed by atoms with Gasteiger partial charge in [0, 0.05) is 18.3 Å². The number of carbonyl (C=O) groups is 1. The van der Waals surface area contributed by atoms with Gasteiger partial charge < -0.3 is 10.1 Å². The van der Waals surface area contributed by atoms with Crippen molar-refractivity contribution in [1.82, 2.24) is 10.3 Å². The minimum Gasteiger partial charge on any atom is -0.436 e. The molecule has 0 spiro atoms. The molecule has 0 radical (unpaired) electrons. The van der Waals surface area contributed by atoms with Gasteiger partial charge in [-0.15, -0.1) is 0 Å². The zero-order chi connectivity index (χ0) is 18.4. The summed E-state index contributed by atoms with van der Waals surface area (Å²) in [6.45, 7) is 0.130. The molecule has 0 atom stereocenters. The number of nitrogens with zero attached hydrogens (tertiary/aromatic N) is 1. The molecule has 0 saturated heterocycles. The molecule has 0 aliphatic rings. The predicted molar refractivity (Wildman–Crippen MR) is 92.7 cm³/mol. The van der Waals surface area contributed by atoms with Gasteiger partial charge in [0.25, 0.3) is 0 Å². The second-order valence-electron chi connectivity index (χ2n) is 5.55. The maximum absolute atomic E-state index is 13.7. The Morgan fingerprint density at radius 3 is 2.38 bits per heavy atom. The van der Waals surface area contributed by atoms with E-state index in [0.29, 0.717) is 11.1 Å². The highest BCUT2D eigenvalue weighted by Gasteiger charge is 2.12. The lowest BCUT2D eigenvalue weighted by atomic mass is 10.1. The number of hydrogen-bond donors (Lipinski definition) is 1. The van der Waals surface area contributed by atoms with E-state index >= 15 is 0 Å². The van der Waals surface area contributed by atoms with Crippen molar-refractivity contribution in [3.8, 4) is 11.6 Å². The lowest BCUT2D eigenvalue weighted by Crippen LogP contribution is -2.25. The van der Waals surface area contributed by atoms with E-state index < -0.39 is 11.6 Å². The lowest BCUT2D eigenvalue weighted by Gasteiger charge is -2.11. The molecule has 6 heteroatoms. The maximum atomic E-state index is 13.7. The number of aromatic nitrogens is 1. The van der Waals surface area contributed by atoms with Crippen molar-refractivity contribution >= 4 is 5.91 Å². The second kappa shape index (κ2) is 8.20. The van der Waals surface area contributed by atoms with Crippen molar-refractivity contribution in [2.75, 3.05) is 0 Å². The molecule has 0 aliphatic carbocycles. The Balaban J connectivity index is 1.66. The molecule has 0 bridgehead atoms.